The Morgan fingerprint density at radius 1 is 1.31 bits per heavy atom. The Labute approximate surface area is 77.3 Å². The molecule has 0 aliphatic heterocycles. The molecule has 0 saturated carbocycles. The Morgan fingerprint density at radius 3 is 2.46 bits per heavy atom. The SMILES string of the molecule is COC(=O)[C@@H](C)Oc1ccccc1. The molecule has 0 spiro atoms. The second kappa shape index (κ2) is 4.50. The number of carbonyl (C=O) groups excluding carboxylic acids is 1. The zero-order valence-corrected chi connectivity index (χ0v) is 7.69. The van der Waals surface area contributed by atoms with Gasteiger partial charge in [-0.3, -0.25) is 0 Å². The van der Waals surface area contributed by atoms with E-state index in [2.05, 4.69) is 4.74 Å². The van der Waals surface area contributed by atoms with Gasteiger partial charge in [-0.2, -0.15) is 0 Å². The molecular formula is C10H12O3. The van der Waals surface area contributed by atoms with Crippen molar-refractivity contribution in [3.05, 3.63) is 30.3 Å². The number of benzene rings is 1. The lowest BCUT2D eigenvalue weighted by Gasteiger charge is -2.11. The molecule has 1 rings (SSSR count). The molecule has 1 aromatic rings. The van der Waals surface area contributed by atoms with E-state index in [9.17, 15) is 4.79 Å². The van der Waals surface area contributed by atoms with Gasteiger partial charge in [0, 0.05) is 0 Å². The van der Waals surface area contributed by atoms with Crippen LogP contribution in [-0.2, 0) is 9.53 Å². The fraction of sp³-hybridized carbons (Fsp3) is 0.300. The molecule has 0 heterocycles. The number of hydrogen-bond acceptors (Lipinski definition) is 3. The first kappa shape index (κ1) is 9.58. The van der Waals surface area contributed by atoms with Crippen molar-refractivity contribution in [2.45, 2.75) is 13.0 Å². The van der Waals surface area contributed by atoms with Gasteiger partial charge in [-0.1, -0.05) is 18.2 Å². The fourth-order valence-electron chi connectivity index (χ4n) is 0.917. The molecule has 70 valence electrons. The molecule has 0 saturated heterocycles. The van der Waals surface area contributed by atoms with Crippen LogP contribution in [0.15, 0.2) is 30.3 Å². The minimum Gasteiger partial charge on any atom is -0.479 e. The van der Waals surface area contributed by atoms with Crippen LogP contribution in [0.25, 0.3) is 0 Å². The minimum absolute atomic E-state index is 0.371. The van der Waals surface area contributed by atoms with Crippen molar-refractivity contribution in [2.24, 2.45) is 0 Å². The van der Waals surface area contributed by atoms with Crippen LogP contribution in [0.2, 0.25) is 0 Å². The molecule has 3 nitrogen and oxygen atoms in total. The molecule has 0 bridgehead atoms. The van der Waals surface area contributed by atoms with E-state index in [0.29, 0.717) is 5.75 Å². The van der Waals surface area contributed by atoms with Crippen molar-refractivity contribution in [1.82, 2.24) is 0 Å². The van der Waals surface area contributed by atoms with Gasteiger partial charge in [-0.15, -0.1) is 0 Å². The molecule has 0 unspecified atom stereocenters. The first-order chi connectivity index (χ1) is 6.24. The van der Waals surface area contributed by atoms with Crippen LogP contribution >= 0.6 is 0 Å². The molecule has 0 aliphatic rings. The first-order valence-corrected chi connectivity index (χ1v) is 4.03. The normalized spacial score (nSPS) is 11.8. The minimum atomic E-state index is -0.563. The monoisotopic (exact) mass is 180 g/mol. The van der Waals surface area contributed by atoms with Gasteiger partial charge in [0.2, 0.25) is 0 Å². The molecule has 1 aromatic carbocycles. The topological polar surface area (TPSA) is 35.5 Å². The standard InChI is InChI=1S/C10H12O3/c1-8(10(11)12-2)13-9-6-4-3-5-7-9/h3-8H,1-2H3/t8-/m1/s1. The molecular weight excluding hydrogens is 168 g/mol. The van der Waals surface area contributed by atoms with Crippen molar-refractivity contribution in [1.29, 1.82) is 0 Å². The van der Waals surface area contributed by atoms with Gasteiger partial charge >= 0.3 is 5.97 Å². The van der Waals surface area contributed by atoms with Gasteiger partial charge in [-0.25, -0.2) is 4.79 Å². The predicted molar refractivity (Wildman–Crippen MR) is 48.5 cm³/mol. The van der Waals surface area contributed by atoms with Crippen molar-refractivity contribution in [2.75, 3.05) is 7.11 Å². The number of para-hydroxylation sites is 1. The number of esters is 1. The zero-order valence-electron chi connectivity index (χ0n) is 7.69. The van der Waals surface area contributed by atoms with Crippen LogP contribution in [0, 0.1) is 0 Å². The van der Waals surface area contributed by atoms with Crippen molar-refractivity contribution < 1.29 is 14.3 Å². The Bertz CT molecular complexity index is 269. The quantitative estimate of drug-likeness (QED) is 0.663. The van der Waals surface area contributed by atoms with E-state index < -0.39 is 6.10 Å². The average Bonchev–Trinajstić information content (AvgIpc) is 2.18. The van der Waals surface area contributed by atoms with Crippen LogP contribution in [0.1, 0.15) is 6.92 Å². The Balaban J connectivity index is 2.55. The van der Waals surface area contributed by atoms with E-state index in [1.54, 1.807) is 19.1 Å². The molecule has 0 N–H and O–H groups in total. The number of hydrogen-bond donors (Lipinski definition) is 0. The van der Waals surface area contributed by atoms with Crippen LogP contribution in [0.3, 0.4) is 0 Å². The van der Waals surface area contributed by atoms with Gasteiger partial charge in [0.1, 0.15) is 5.75 Å². The second-order valence-electron chi connectivity index (χ2n) is 2.60. The highest BCUT2D eigenvalue weighted by atomic mass is 16.6. The van der Waals surface area contributed by atoms with Gasteiger partial charge in [0.25, 0.3) is 0 Å². The third-order valence-electron chi connectivity index (χ3n) is 1.59. The van der Waals surface area contributed by atoms with E-state index in [-0.39, 0.29) is 5.97 Å². The summed E-state index contributed by atoms with van der Waals surface area (Å²) in [5.74, 6) is 0.296. The third kappa shape index (κ3) is 2.78. The van der Waals surface area contributed by atoms with Gasteiger partial charge in [0.15, 0.2) is 6.10 Å². The van der Waals surface area contributed by atoms with E-state index in [4.69, 9.17) is 4.74 Å². The highest BCUT2D eigenvalue weighted by molar-refractivity contribution is 5.74. The Morgan fingerprint density at radius 2 is 1.92 bits per heavy atom. The summed E-state index contributed by atoms with van der Waals surface area (Å²) in [5.41, 5.74) is 0. The van der Waals surface area contributed by atoms with Crippen LogP contribution in [0.5, 0.6) is 5.75 Å². The lowest BCUT2D eigenvalue weighted by atomic mass is 10.3. The number of methoxy groups -OCH3 is 1. The second-order valence-corrected chi connectivity index (χ2v) is 2.60. The van der Waals surface area contributed by atoms with Crippen molar-refractivity contribution in [3.8, 4) is 5.75 Å². The summed E-state index contributed by atoms with van der Waals surface area (Å²) in [4.78, 5) is 11.0. The van der Waals surface area contributed by atoms with Crippen molar-refractivity contribution >= 4 is 5.97 Å². The largest absolute Gasteiger partial charge is 0.479 e. The summed E-state index contributed by atoms with van der Waals surface area (Å²) in [6, 6.07) is 9.16. The van der Waals surface area contributed by atoms with Gasteiger partial charge in [0.05, 0.1) is 7.11 Å². The number of carbonyl (C=O) groups is 1. The number of rotatable bonds is 3. The maximum absolute atomic E-state index is 11.0. The molecule has 0 fully saturated rings. The maximum Gasteiger partial charge on any atom is 0.346 e. The summed E-state index contributed by atoms with van der Waals surface area (Å²) in [6.07, 6.45) is -0.563. The number of ether oxygens (including phenoxy) is 2. The highest BCUT2D eigenvalue weighted by Gasteiger charge is 2.13. The summed E-state index contributed by atoms with van der Waals surface area (Å²) in [7, 11) is 1.34. The smallest absolute Gasteiger partial charge is 0.346 e. The van der Waals surface area contributed by atoms with Gasteiger partial charge in [-0.05, 0) is 19.1 Å². The summed E-state index contributed by atoms with van der Waals surface area (Å²) in [5, 5.41) is 0. The summed E-state index contributed by atoms with van der Waals surface area (Å²) in [6.45, 7) is 1.65. The molecule has 1 atom stereocenters. The molecule has 0 radical (unpaired) electrons. The molecule has 0 amide bonds. The predicted octanol–water partition coefficient (Wildman–Crippen LogP) is 1.63. The zero-order chi connectivity index (χ0) is 9.68. The maximum atomic E-state index is 11.0. The lowest BCUT2D eigenvalue weighted by Crippen LogP contribution is -2.24. The third-order valence-corrected chi connectivity index (χ3v) is 1.59. The van der Waals surface area contributed by atoms with E-state index >= 15 is 0 Å². The first-order valence-electron chi connectivity index (χ1n) is 4.03. The van der Waals surface area contributed by atoms with Crippen LogP contribution in [-0.4, -0.2) is 19.2 Å². The van der Waals surface area contributed by atoms with E-state index in [1.165, 1.54) is 7.11 Å². The molecule has 0 aromatic heterocycles. The highest BCUT2D eigenvalue weighted by Crippen LogP contribution is 2.10. The van der Waals surface area contributed by atoms with Crippen LogP contribution in [0.4, 0.5) is 0 Å². The lowest BCUT2D eigenvalue weighted by molar-refractivity contribution is -0.147. The van der Waals surface area contributed by atoms with Crippen LogP contribution < -0.4 is 4.74 Å². The molecule has 13 heavy (non-hydrogen) atoms. The van der Waals surface area contributed by atoms with E-state index in [0.717, 1.165) is 0 Å². The van der Waals surface area contributed by atoms with Crippen molar-refractivity contribution in [3.63, 3.8) is 0 Å². The molecule has 3 heteroatoms. The average molecular weight is 180 g/mol. The fourth-order valence-corrected chi connectivity index (χ4v) is 0.917. The van der Waals surface area contributed by atoms with Gasteiger partial charge < -0.3 is 9.47 Å². The molecule has 0 aliphatic carbocycles. The summed E-state index contributed by atoms with van der Waals surface area (Å²) < 4.78 is 9.81. The Hall–Kier alpha value is -1.51. The summed E-state index contributed by atoms with van der Waals surface area (Å²) >= 11 is 0. The van der Waals surface area contributed by atoms with E-state index in [1.807, 2.05) is 18.2 Å². The Kier molecular flexibility index (Phi) is 3.31.